The molecule has 1 atom stereocenters. The normalized spacial score (nSPS) is 24.0. The number of imide groups is 1. The van der Waals surface area contributed by atoms with Crippen molar-refractivity contribution in [2.45, 2.75) is 25.3 Å². The Morgan fingerprint density at radius 3 is 2.94 bits per heavy atom. The standard InChI is InChI=1S/C13H15N3O2/c17-12-10-4-2-7-15-11(10)13(18)16(12)9-3-1-6-14-8-5-9/h2,4,7,9,14H,1,3,5-6,8H2. The Balaban J connectivity index is 1.91. The first-order valence-corrected chi connectivity index (χ1v) is 6.32. The summed E-state index contributed by atoms with van der Waals surface area (Å²) in [7, 11) is 0. The Morgan fingerprint density at radius 2 is 2.11 bits per heavy atom. The van der Waals surface area contributed by atoms with Crippen LogP contribution < -0.4 is 5.32 Å². The lowest BCUT2D eigenvalue weighted by Crippen LogP contribution is -2.40. The summed E-state index contributed by atoms with van der Waals surface area (Å²) < 4.78 is 0. The Hall–Kier alpha value is -1.75. The van der Waals surface area contributed by atoms with E-state index in [-0.39, 0.29) is 17.9 Å². The van der Waals surface area contributed by atoms with Crippen molar-refractivity contribution < 1.29 is 9.59 Å². The first-order chi connectivity index (χ1) is 8.79. The molecular weight excluding hydrogens is 230 g/mol. The Labute approximate surface area is 105 Å². The lowest BCUT2D eigenvalue weighted by molar-refractivity contribution is 0.0570. The van der Waals surface area contributed by atoms with E-state index in [1.807, 2.05) is 0 Å². The molecule has 1 aromatic heterocycles. The van der Waals surface area contributed by atoms with Gasteiger partial charge in [0.1, 0.15) is 5.69 Å². The van der Waals surface area contributed by atoms with Crippen molar-refractivity contribution in [1.82, 2.24) is 15.2 Å². The maximum atomic E-state index is 12.3. The number of carbonyl (C=O) groups is 2. The highest BCUT2D eigenvalue weighted by atomic mass is 16.2. The Kier molecular flexibility index (Phi) is 2.83. The van der Waals surface area contributed by atoms with Crippen LogP contribution in [0.3, 0.4) is 0 Å². The number of hydrogen-bond donors (Lipinski definition) is 1. The van der Waals surface area contributed by atoms with Crippen LogP contribution in [0.5, 0.6) is 0 Å². The third kappa shape index (κ3) is 1.71. The Bertz CT molecular complexity index is 458. The van der Waals surface area contributed by atoms with E-state index in [1.165, 1.54) is 4.90 Å². The molecule has 2 aliphatic heterocycles. The van der Waals surface area contributed by atoms with E-state index in [0.29, 0.717) is 11.3 Å². The number of nitrogens with one attached hydrogen (secondary N) is 1. The predicted molar refractivity (Wildman–Crippen MR) is 65.2 cm³/mol. The van der Waals surface area contributed by atoms with Gasteiger partial charge in [0, 0.05) is 12.2 Å². The molecule has 2 aliphatic rings. The van der Waals surface area contributed by atoms with Gasteiger partial charge in [-0.1, -0.05) is 0 Å². The number of carbonyl (C=O) groups excluding carboxylic acids is 2. The number of fused-ring (bicyclic) bond motifs is 1. The van der Waals surface area contributed by atoms with Gasteiger partial charge in [-0.15, -0.1) is 0 Å². The molecule has 1 aromatic rings. The van der Waals surface area contributed by atoms with Crippen LogP contribution in [0.25, 0.3) is 0 Å². The van der Waals surface area contributed by atoms with Gasteiger partial charge in [-0.3, -0.25) is 19.5 Å². The van der Waals surface area contributed by atoms with Crippen LogP contribution >= 0.6 is 0 Å². The second kappa shape index (κ2) is 4.49. The van der Waals surface area contributed by atoms with E-state index in [9.17, 15) is 9.59 Å². The molecule has 94 valence electrons. The average Bonchev–Trinajstić information content (AvgIpc) is 2.61. The van der Waals surface area contributed by atoms with Crippen LogP contribution in [0.4, 0.5) is 0 Å². The van der Waals surface area contributed by atoms with Gasteiger partial charge in [0.15, 0.2) is 0 Å². The zero-order valence-electron chi connectivity index (χ0n) is 10.1. The van der Waals surface area contributed by atoms with Crippen molar-refractivity contribution in [3.8, 4) is 0 Å². The van der Waals surface area contributed by atoms with Gasteiger partial charge in [0.25, 0.3) is 11.8 Å². The van der Waals surface area contributed by atoms with Crippen molar-refractivity contribution in [2.24, 2.45) is 0 Å². The van der Waals surface area contributed by atoms with E-state index < -0.39 is 0 Å². The zero-order chi connectivity index (χ0) is 12.5. The van der Waals surface area contributed by atoms with Crippen molar-refractivity contribution in [3.05, 3.63) is 29.6 Å². The van der Waals surface area contributed by atoms with Crippen LogP contribution in [-0.2, 0) is 0 Å². The van der Waals surface area contributed by atoms with Gasteiger partial charge in [0.05, 0.1) is 5.56 Å². The van der Waals surface area contributed by atoms with Crippen molar-refractivity contribution >= 4 is 11.8 Å². The van der Waals surface area contributed by atoms with E-state index in [1.54, 1.807) is 18.3 Å². The van der Waals surface area contributed by atoms with E-state index >= 15 is 0 Å². The molecule has 5 nitrogen and oxygen atoms in total. The first-order valence-electron chi connectivity index (χ1n) is 6.32. The second-order valence-corrected chi connectivity index (χ2v) is 4.71. The summed E-state index contributed by atoms with van der Waals surface area (Å²) in [6.07, 6.45) is 4.25. The summed E-state index contributed by atoms with van der Waals surface area (Å²) in [5.74, 6) is -0.419. The highest BCUT2D eigenvalue weighted by Gasteiger charge is 2.40. The molecular formula is C13H15N3O2. The van der Waals surface area contributed by atoms with Gasteiger partial charge >= 0.3 is 0 Å². The molecule has 0 aromatic carbocycles. The van der Waals surface area contributed by atoms with Gasteiger partial charge < -0.3 is 5.32 Å². The summed E-state index contributed by atoms with van der Waals surface area (Å²) in [6, 6.07) is 3.38. The average molecular weight is 245 g/mol. The van der Waals surface area contributed by atoms with E-state index in [2.05, 4.69) is 10.3 Å². The summed E-state index contributed by atoms with van der Waals surface area (Å²) >= 11 is 0. The highest BCUT2D eigenvalue weighted by Crippen LogP contribution is 2.26. The van der Waals surface area contributed by atoms with Crippen LogP contribution in [0, 0.1) is 0 Å². The van der Waals surface area contributed by atoms with E-state index in [4.69, 9.17) is 0 Å². The van der Waals surface area contributed by atoms with Gasteiger partial charge in [-0.25, -0.2) is 0 Å². The number of pyridine rings is 1. The molecule has 5 heteroatoms. The van der Waals surface area contributed by atoms with Gasteiger partial charge in [0.2, 0.25) is 0 Å². The minimum Gasteiger partial charge on any atom is -0.317 e. The van der Waals surface area contributed by atoms with Crippen molar-refractivity contribution in [2.75, 3.05) is 13.1 Å². The molecule has 1 unspecified atom stereocenters. The van der Waals surface area contributed by atoms with Crippen LogP contribution in [-0.4, -0.2) is 40.8 Å². The molecule has 3 heterocycles. The highest BCUT2D eigenvalue weighted by molar-refractivity contribution is 6.20. The Morgan fingerprint density at radius 1 is 1.22 bits per heavy atom. The minimum absolute atomic E-state index is 0.00852. The van der Waals surface area contributed by atoms with Gasteiger partial charge in [-0.2, -0.15) is 0 Å². The monoisotopic (exact) mass is 245 g/mol. The summed E-state index contributed by atoms with van der Waals surface area (Å²) in [5, 5.41) is 3.29. The number of aromatic nitrogens is 1. The molecule has 0 bridgehead atoms. The summed E-state index contributed by atoms with van der Waals surface area (Å²) in [6.45, 7) is 1.81. The third-order valence-corrected chi connectivity index (χ3v) is 3.59. The molecule has 1 saturated heterocycles. The lowest BCUT2D eigenvalue weighted by Gasteiger charge is -2.24. The fourth-order valence-corrected chi connectivity index (χ4v) is 2.67. The minimum atomic E-state index is -0.234. The molecule has 0 aliphatic carbocycles. The van der Waals surface area contributed by atoms with Crippen LogP contribution in [0.2, 0.25) is 0 Å². The number of hydrogen-bond acceptors (Lipinski definition) is 4. The number of rotatable bonds is 1. The topological polar surface area (TPSA) is 62.3 Å². The number of nitrogens with zero attached hydrogens (tertiary/aromatic N) is 2. The van der Waals surface area contributed by atoms with Crippen LogP contribution in [0.1, 0.15) is 40.1 Å². The molecule has 1 N–H and O–H groups in total. The van der Waals surface area contributed by atoms with Crippen LogP contribution in [0.15, 0.2) is 18.3 Å². The fraction of sp³-hybridized carbons (Fsp3) is 0.462. The molecule has 0 radical (unpaired) electrons. The molecule has 18 heavy (non-hydrogen) atoms. The lowest BCUT2D eigenvalue weighted by atomic mass is 10.1. The zero-order valence-corrected chi connectivity index (χ0v) is 10.1. The quantitative estimate of drug-likeness (QED) is 0.744. The number of amides is 2. The molecule has 2 amide bonds. The molecule has 3 rings (SSSR count). The smallest absolute Gasteiger partial charge is 0.280 e. The van der Waals surface area contributed by atoms with Crippen molar-refractivity contribution in [1.29, 1.82) is 0 Å². The maximum Gasteiger partial charge on any atom is 0.280 e. The van der Waals surface area contributed by atoms with Gasteiger partial charge in [-0.05, 0) is 44.5 Å². The summed E-state index contributed by atoms with van der Waals surface area (Å²) in [5.41, 5.74) is 0.749. The predicted octanol–water partition coefficient (Wildman–Crippen LogP) is 0.820. The third-order valence-electron chi connectivity index (χ3n) is 3.59. The fourth-order valence-electron chi connectivity index (χ4n) is 2.67. The second-order valence-electron chi connectivity index (χ2n) is 4.71. The largest absolute Gasteiger partial charge is 0.317 e. The summed E-state index contributed by atoms with van der Waals surface area (Å²) in [4.78, 5) is 29.9. The molecule has 0 spiro atoms. The SMILES string of the molecule is O=C1c2cccnc2C(=O)N1C1CCCNCC1. The van der Waals surface area contributed by atoms with E-state index in [0.717, 1.165) is 32.4 Å². The molecule has 0 saturated carbocycles. The first kappa shape index (κ1) is 11.3. The van der Waals surface area contributed by atoms with Crippen molar-refractivity contribution in [3.63, 3.8) is 0 Å². The molecule has 1 fully saturated rings. The maximum absolute atomic E-state index is 12.3.